The molecule has 4 atom stereocenters. The number of hydrogen-bond donors (Lipinski definition) is 0. The Bertz CT molecular complexity index is 2600. The molecule has 0 radical (unpaired) electrons. The molecule has 6 aromatic rings. The number of fused-ring (bicyclic) bond motifs is 9. The van der Waals surface area contributed by atoms with E-state index in [1.807, 2.05) is 0 Å². The molecule has 2 nitrogen and oxygen atoms in total. The van der Waals surface area contributed by atoms with Crippen molar-refractivity contribution in [3.63, 3.8) is 0 Å². The zero-order valence-electron chi connectivity index (χ0n) is 39.8. The summed E-state index contributed by atoms with van der Waals surface area (Å²) in [6.45, 7) is 24.1. The van der Waals surface area contributed by atoms with Gasteiger partial charge in [0.1, 0.15) is 0 Å². The molecule has 63 heavy (non-hydrogen) atoms. The Morgan fingerprint density at radius 2 is 0.746 bits per heavy atom. The largest absolute Gasteiger partial charge is 0.334 e. The molecule has 6 aromatic carbocycles. The topological polar surface area (TPSA) is 6.48 Å². The average Bonchev–Trinajstić information content (AvgIpc) is 3.80. The fourth-order valence-corrected chi connectivity index (χ4v) is 13.4. The summed E-state index contributed by atoms with van der Waals surface area (Å²) in [5.74, 6) is 0. The van der Waals surface area contributed by atoms with Crippen LogP contribution in [0.2, 0.25) is 0 Å². The number of anilines is 4. The first-order valence-corrected chi connectivity index (χ1v) is 24.3. The maximum atomic E-state index is 2.71. The molecule has 11 rings (SSSR count). The average molecular weight is 829 g/mol. The van der Waals surface area contributed by atoms with Crippen LogP contribution in [-0.4, -0.2) is 11.1 Å². The molecule has 0 spiro atoms. The number of benzene rings is 6. The lowest BCUT2D eigenvalue weighted by Crippen LogP contribution is -2.54. The van der Waals surface area contributed by atoms with Crippen LogP contribution in [-0.2, 0) is 28.1 Å². The number of rotatable bonds is 4. The van der Waals surface area contributed by atoms with Crippen LogP contribution in [0.4, 0.5) is 22.7 Å². The maximum Gasteiger partial charge on any atom is 0.0517 e. The highest BCUT2D eigenvalue weighted by atomic mass is 15.3. The minimum absolute atomic E-state index is 0.0388. The second kappa shape index (κ2) is 13.7. The third-order valence-corrected chi connectivity index (χ3v) is 17.7. The summed E-state index contributed by atoms with van der Waals surface area (Å²) in [5.41, 5.74) is 22.8. The summed E-state index contributed by atoms with van der Waals surface area (Å²) >= 11 is 0. The molecule has 0 aromatic heterocycles. The smallest absolute Gasteiger partial charge is 0.0517 e. The second-order valence-corrected chi connectivity index (χ2v) is 23.3. The van der Waals surface area contributed by atoms with Gasteiger partial charge in [0.25, 0.3) is 0 Å². The molecule has 322 valence electrons. The zero-order valence-corrected chi connectivity index (χ0v) is 39.8. The number of nitrogens with zero attached hydrogens (tertiary/aromatic N) is 2. The molecule has 0 amide bonds. The van der Waals surface area contributed by atoms with E-state index in [9.17, 15) is 0 Å². The summed E-state index contributed by atoms with van der Waals surface area (Å²) in [4.78, 5) is 5.43. The Labute approximate surface area is 378 Å². The predicted molar refractivity (Wildman–Crippen MR) is 269 cm³/mol. The molecule has 0 saturated heterocycles. The van der Waals surface area contributed by atoms with Gasteiger partial charge in [-0.1, -0.05) is 154 Å². The molecule has 2 heteroatoms. The van der Waals surface area contributed by atoms with Gasteiger partial charge in [0.2, 0.25) is 0 Å². The van der Waals surface area contributed by atoms with Crippen LogP contribution < -0.4 is 9.80 Å². The van der Waals surface area contributed by atoms with E-state index in [0.717, 1.165) is 6.42 Å². The highest BCUT2D eigenvalue weighted by molar-refractivity contribution is 5.86. The predicted octanol–water partition coefficient (Wildman–Crippen LogP) is 16.7. The first-order chi connectivity index (χ1) is 29.9. The maximum absolute atomic E-state index is 2.71. The van der Waals surface area contributed by atoms with Crippen LogP contribution in [0.3, 0.4) is 0 Å². The van der Waals surface area contributed by atoms with Crippen molar-refractivity contribution < 1.29 is 0 Å². The molecule has 4 unspecified atom stereocenters. The van der Waals surface area contributed by atoms with E-state index in [4.69, 9.17) is 0 Å². The zero-order chi connectivity index (χ0) is 43.9. The fraction of sp³-hybridized carbons (Fsp3) is 0.410. The van der Waals surface area contributed by atoms with Crippen LogP contribution in [0.15, 0.2) is 121 Å². The molecule has 2 aliphatic heterocycles. The standard InChI is InChI=1S/C61H68N2/c1-56(2,3)46-19-23-48(24-20-46)62-54-29-17-42(38-52(54)58(7)31-11-13-33-60(58,62)9)40-15-27-50-44(35-40)37-45-36-41(16-28-51(45)50)43-18-30-55-53(39-43)59(8)32-12-14-34-61(59,10)63(55)49-25-21-47(22-26-49)57(4,5)6/h15-30,35-36,38-39H,11-14,31-34,37H2,1-10H3. The van der Waals surface area contributed by atoms with Gasteiger partial charge in [-0.25, -0.2) is 0 Å². The monoisotopic (exact) mass is 829 g/mol. The third kappa shape index (κ3) is 5.88. The van der Waals surface area contributed by atoms with Crippen molar-refractivity contribution >= 4 is 22.7 Å². The molecule has 2 heterocycles. The molecule has 0 bridgehead atoms. The first kappa shape index (κ1) is 40.7. The Kier molecular flexibility index (Phi) is 8.86. The van der Waals surface area contributed by atoms with Crippen molar-refractivity contribution in [3.8, 4) is 33.4 Å². The summed E-state index contributed by atoms with van der Waals surface area (Å²) < 4.78 is 0. The molecule has 5 aliphatic rings. The van der Waals surface area contributed by atoms with Crippen LogP contribution in [0.1, 0.15) is 154 Å². The van der Waals surface area contributed by atoms with Crippen molar-refractivity contribution in [2.45, 2.75) is 160 Å². The van der Waals surface area contributed by atoms with Gasteiger partial charge in [0.15, 0.2) is 0 Å². The lowest BCUT2D eigenvalue weighted by molar-refractivity contribution is 0.195. The van der Waals surface area contributed by atoms with E-state index in [1.165, 1.54) is 141 Å². The molecule has 3 aliphatic carbocycles. The third-order valence-electron chi connectivity index (χ3n) is 17.7. The lowest BCUT2D eigenvalue weighted by Gasteiger charge is -2.50. The minimum atomic E-state index is 0.0388. The Balaban J connectivity index is 0.904. The van der Waals surface area contributed by atoms with Crippen molar-refractivity contribution in [2.75, 3.05) is 9.80 Å². The molecular weight excluding hydrogens is 761 g/mol. The highest BCUT2D eigenvalue weighted by Crippen LogP contribution is 2.63. The van der Waals surface area contributed by atoms with Crippen LogP contribution in [0.5, 0.6) is 0 Å². The van der Waals surface area contributed by atoms with Gasteiger partial charge >= 0.3 is 0 Å². The highest BCUT2D eigenvalue weighted by Gasteiger charge is 2.59. The summed E-state index contributed by atoms with van der Waals surface area (Å²) in [7, 11) is 0. The van der Waals surface area contributed by atoms with E-state index in [-0.39, 0.29) is 32.7 Å². The Morgan fingerprint density at radius 1 is 0.397 bits per heavy atom. The summed E-state index contributed by atoms with van der Waals surface area (Å²) in [5, 5.41) is 0. The van der Waals surface area contributed by atoms with E-state index in [0.29, 0.717) is 0 Å². The van der Waals surface area contributed by atoms with Crippen molar-refractivity contribution in [1.82, 2.24) is 0 Å². The molecular formula is C61H68N2. The second-order valence-electron chi connectivity index (χ2n) is 23.3. The van der Waals surface area contributed by atoms with E-state index in [1.54, 1.807) is 0 Å². The van der Waals surface area contributed by atoms with Crippen molar-refractivity contribution in [2.24, 2.45) is 0 Å². The first-order valence-electron chi connectivity index (χ1n) is 24.3. The van der Waals surface area contributed by atoms with Gasteiger partial charge in [-0.15, -0.1) is 0 Å². The lowest BCUT2D eigenvalue weighted by atomic mass is 9.61. The van der Waals surface area contributed by atoms with Crippen LogP contribution in [0.25, 0.3) is 33.4 Å². The van der Waals surface area contributed by atoms with Gasteiger partial charge in [-0.2, -0.15) is 0 Å². The summed E-state index contributed by atoms with van der Waals surface area (Å²) in [6.07, 6.45) is 11.0. The summed E-state index contributed by atoms with van der Waals surface area (Å²) in [6, 6.07) is 48.3. The fourth-order valence-electron chi connectivity index (χ4n) is 13.4. The van der Waals surface area contributed by atoms with Crippen LogP contribution in [0, 0.1) is 0 Å². The van der Waals surface area contributed by atoms with Gasteiger partial charge in [-0.05, 0) is 172 Å². The normalized spacial score (nSPS) is 25.9. The molecule has 0 N–H and O–H groups in total. The quantitative estimate of drug-likeness (QED) is 0.174. The van der Waals surface area contributed by atoms with Crippen molar-refractivity contribution in [1.29, 1.82) is 0 Å². The Morgan fingerprint density at radius 3 is 1.13 bits per heavy atom. The Hall–Kier alpha value is -5.08. The minimum Gasteiger partial charge on any atom is -0.334 e. The van der Waals surface area contributed by atoms with E-state index in [2.05, 4.69) is 200 Å². The number of hydrogen-bond acceptors (Lipinski definition) is 2. The van der Waals surface area contributed by atoms with Crippen molar-refractivity contribution in [3.05, 3.63) is 155 Å². The van der Waals surface area contributed by atoms with Gasteiger partial charge < -0.3 is 9.80 Å². The van der Waals surface area contributed by atoms with Gasteiger partial charge in [-0.3, -0.25) is 0 Å². The molecule has 2 fully saturated rings. The van der Waals surface area contributed by atoms with Crippen LogP contribution >= 0.6 is 0 Å². The molecule has 2 saturated carbocycles. The van der Waals surface area contributed by atoms with E-state index < -0.39 is 0 Å². The SMILES string of the molecule is CC(C)(C)c1ccc(N2c3ccc(-c4ccc5c(c4)Cc4cc(-c6ccc7c(c6)C6(C)CCCCC6(C)N7c6ccc(C(C)(C)C)cc6)ccc4-5)cc3C3(C)CCCCC23C)cc1. The van der Waals surface area contributed by atoms with E-state index >= 15 is 0 Å². The van der Waals surface area contributed by atoms with Gasteiger partial charge in [0.05, 0.1) is 11.1 Å². The van der Waals surface area contributed by atoms with Gasteiger partial charge in [0, 0.05) is 33.6 Å².